The van der Waals surface area contributed by atoms with Crippen LogP contribution in [0.1, 0.15) is 45.6 Å². The van der Waals surface area contributed by atoms with Gasteiger partial charge in [0.05, 0.1) is 22.6 Å². The normalized spacial score (nSPS) is 14.7. The molecule has 0 atom stereocenters. The number of hydrogen-bond donors (Lipinski definition) is 2. The van der Waals surface area contributed by atoms with Crippen molar-refractivity contribution in [3.63, 3.8) is 0 Å². The maximum atomic E-state index is 12.6. The summed E-state index contributed by atoms with van der Waals surface area (Å²) in [4.78, 5) is 17.6. The average molecular weight is 506 g/mol. The van der Waals surface area contributed by atoms with Crippen molar-refractivity contribution in [2.45, 2.75) is 51.2 Å². The van der Waals surface area contributed by atoms with E-state index in [1.165, 1.54) is 0 Å². The van der Waals surface area contributed by atoms with Crippen LogP contribution in [0.4, 0.5) is 4.79 Å². The molecular formula is C31H31N5O2. The van der Waals surface area contributed by atoms with Gasteiger partial charge in [-0.05, 0) is 63.8 Å². The Balaban J connectivity index is 1.39. The van der Waals surface area contributed by atoms with Gasteiger partial charge in [0.15, 0.2) is 0 Å². The summed E-state index contributed by atoms with van der Waals surface area (Å²) in [5.41, 5.74) is 6.95. The number of H-pyrrole nitrogens is 1. The molecule has 2 N–H and O–H groups in total. The molecule has 3 aromatic heterocycles. The van der Waals surface area contributed by atoms with E-state index in [4.69, 9.17) is 9.72 Å². The molecule has 0 saturated heterocycles. The molecule has 1 saturated carbocycles. The third-order valence-electron chi connectivity index (χ3n) is 7.12. The Bertz CT molecular complexity index is 1580. The monoisotopic (exact) mass is 505 g/mol. The maximum absolute atomic E-state index is 12.6. The summed E-state index contributed by atoms with van der Waals surface area (Å²) in [6, 6.07) is 24.8. The van der Waals surface area contributed by atoms with Gasteiger partial charge in [0.1, 0.15) is 11.2 Å². The summed E-state index contributed by atoms with van der Waals surface area (Å²) < 4.78 is 7.69. The first kappa shape index (κ1) is 24.0. The molecule has 6 rings (SSSR count). The lowest BCUT2D eigenvalue weighted by Crippen LogP contribution is -2.52. The fourth-order valence-electron chi connectivity index (χ4n) is 5.15. The maximum Gasteiger partial charge on any atom is 0.408 e. The SMILES string of the molecule is CC(C)(C)OC(=O)NC1(c2ccc(-c3nc4ccc(-c5cc[nH]n5)cn4c3-c3ccccc3)cc2)CCC1. The summed E-state index contributed by atoms with van der Waals surface area (Å²) >= 11 is 0. The summed E-state index contributed by atoms with van der Waals surface area (Å²) in [5, 5.41) is 10.4. The number of fused-ring (bicyclic) bond motifs is 1. The Morgan fingerprint density at radius 3 is 2.32 bits per heavy atom. The molecule has 192 valence electrons. The van der Waals surface area contributed by atoms with Crippen LogP contribution in [0.5, 0.6) is 0 Å². The molecule has 0 aliphatic heterocycles. The second kappa shape index (κ2) is 9.17. The number of nitrogens with one attached hydrogen (secondary N) is 2. The van der Waals surface area contributed by atoms with Crippen molar-refractivity contribution in [3.8, 4) is 33.8 Å². The Hall–Kier alpha value is -4.39. The molecule has 7 heteroatoms. The van der Waals surface area contributed by atoms with Crippen LogP contribution in [0, 0.1) is 0 Å². The number of ether oxygens (including phenoxy) is 1. The van der Waals surface area contributed by atoms with E-state index < -0.39 is 5.60 Å². The molecule has 2 aromatic carbocycles. The van der Waals surface area contributed by atoms with Crippen LogP contribution in [-0.4, -0.2) is 31.3 Å². The standard InChI is InChI=1S/C31H31N5O2/c1-30(2,3)38-29(37)34-31(17-7-18-31)24-13-10-21(11-14-24)27-28(22-8-5-4-6-9-22)36-20-23(12-15-26(36)33-27)25-16-19-32-35-25/h4-6,8-16,19-20H,7,17-18H2,1-3H3,(H,32,35)(H,34,37). The lowest BCUT2D eigenvalue weighted by molar-refractivity contribution is 0.0377. The topological polar surface area (TPSA) is 84.3 Å². The van der Waals surface area contributed by atoms with Gasteiger partial charge in [0.2, 0.25) is 0 Å². The minimum atomic E-state index is -0.535. The van der Waals surface area contributed by atoms with Crippen molar-refractivity contribution in [2.24, 2.45) is 0 Å². The lowest BCUT2D eigenvalue weighted by atomic mass is 9.71. The number of nitrogens with zero attached hydrogens (tertiary/aromatic N) is 3. The Kier molecular flexibility index (Phi) is 5.79. The van der Waals surface area contributed by atoms with E-state index in [0.29, 0.717) is 0 Å². The van der Waals surface area contributed by atoms with Crippen LogP contribution >= 0.6 is 0 Å². The van der Waals surface area contributed by atoms with Gasteiger partial charge in [0, 0.05) is 29.1 Å². The highest BCUT2D eigenvalue weighted by Gasteiger charge is 2.41. The Morgan fingerprint density at radius 2 is 1.68 bits per heavy atom. The first-order chi connectivity index (χ1) is 18.3. The lowest BCUT2D eigenvalue weighted by Gasteiger charge is -2.43. The van der Waals surface area contributed by atoms with Crippen molar-refractivity contribution in [1.29, 1.82) is 0 Å². The molecule has 0 unspecified atom stereocenters. The van der Waals surface area contributed by atoms with E-state index in [2.05, 4.69) is 62.5 Å². The number of rotatable bonds is 5. The van der Waals surface area contributed by atoms with Gasteiger partial charge in [-0.25, -0.2) is 9.78 Å². The molecule has 5 aromatic rings. The molecule has 0 spiro atoms. The fourth-order valence-corrected chi connectivity index (χ4v) is 5.15. The number of amides is 1. The smallest absolute Gasteiger partial charge is 0.408 e. The van der Waals surface area contributed by atoms with Crippen LogP contribution in [0.2, 0.25) is 0 Å². The predicted octanol–water partition coefficient (Wildman–Crippen LogP) is 6.96. The van der Waals surface area contributed by atoms with E-state index in [0.717, 1.165) is 64.2 Å². The average Bonchev–Trinajstić information content (AvgIpc) is 3.54. The molecule has 7 nitrogen and oxygen atoms in total. The number of benzene rings is 2. The number of aromatic amines is 1. The summed E-state index contributed by atoms with van der Waals surface area (Å²) in [7, 11) is 0. The zero-order valence-corrected chi connectivity index (χ0v) is 21.9. The number of carbonyl (C=O) groups excluding carboxylic acids is 1. The van der Waals surface area contributed by atoms with E-state index >= 15 is 0 Å². The minimum Gasteiger partial charge on any atom is -0.444 e. The van der Waals surface area contributed by atoms with Crippen molar-refractivity contribution in [1.82, 2.24) is 24.9 Å². The number of imidazole rings is 1. The zero-order valence-electron chi connectivity index (χ0n) is 21.9. The largest absolute Gasteiger partial charge is 0.444 e. The highest BCUT2D eigenvalue weighted by Crippen LogP contribution is 2.42. The predicted molar refractivity (Wildman–Crippen MR) is 149 cm³/mol. The Labute approximate surface area is 221 Å². The molecule has 1 fully saturated rings. The first-order valence-electron chi connectivity index (χ1n) is 13.0. The highest BCUT2D eigenvalue weighted by atomic mass is 16.6. The highest BCUT2D eigenvalue weighted by molar-refractivity contribution is 5.83. The van der Waals surface area contributed by atoms with Gasteiger partial charge < -0.3 is 10.1 Å². The quantitative estimate of drug-likeness (QED) is 0.270. The summed E-state index contributed by atoms with van der Waals surface area (Å²) in [5.74, 6) is 0. The van der Waals surface area contributed by atoms with Gasteiger partial charge in [-0.3, -0.25) is 9.50 Å². The Morgan fingerprint density at radius 1 is 0.947 bits per heavy atom. The molecular weight excluding hydrogens is 474 g/mol. The van der Waals surface area contributed by atoms with Gasteiger partial charge in [-0.15, -0.1) is 0 Å². The second-order valence-electron chi connectivity index (χ2n) is 10.9. The summed E-state index contributed by atoms with van der Waals surface area (Å²) in [6.45, 7) is 5.64. The molecule has 38 heavy (non-hydrogen) atoms. The molecule has 0 bridgehead atoms. The molecule has 1 aliphatic carbocycles. The number of alkyl carbamates (subject to hydrolysis) is 1. The van der Waals surface area contributed by atoms with Crippen LogP contribution in [0.25, 0.3) is 39.4 Å². The van der Waals surface area contributed by atoms with Crippen molar-refractivity contribution < 1.29 is 9.53 Å². The third-order valence-corrected chi connectivity index (χ3v) is 7.12. The van der Waals surface area contributed by atoms with Gasteiger partial charge >= 0.3 is 6.09 Å². The van der Waals surface area contributed by atoms with Gasteiger partial charge in [-0.2, -0.15) is 5.10 Å². The molecule has 0 radical (unpaired) electrons. The number of hydrogen-bond acceptors (Lipinski definition) is 4. The van der Waals surface area contributed by atoms with E-state index in [1.807, 2.05) is 63.4 Å². The molecule has 3 heterocycles. The fraction of sp³-hybridized carbons (Fsp3) is 0.258. The minimum absolute atomic E-state index is 0.374. The van der Waals surface area contributed by atoms with Crippen LogP contribution < -0.4 is 5.32 Å². The van der Waals surface area contributed by atoms with Crippen molar-refractivity contribution >= 4 is 11.7 Å². The van der Waals surface area contributed by atoms with Crippen LogP contribution in [-0.2, 0) is 10.3 Å². The zero-order chi connectivity index (χ0) is 26.3. The van der Waals surface area contributed by atoms with E-state index in [9.17, 15) is 4.79 Å². The summed E-state index contributed by atoms with van der Waals surface area (Å²) in [6.07, 6.45) is 6.40. The van der Waals surface area contributed by atoms with Crippen LogP contribution in [0.15, 0.2) is 85.2 Å². The van der Waals surface area contributed by atoms with Crippen LogP contribution in [0.3, 0.4) is 0 Å². The van der Waals surface area contributed by atoms with E-state index in [-0.39, 0.29) is 11.6 Å². The second-order valence-corrected chi connectivity index (χ2v) is 10.9. The van der Waals surface area contributed by atoms with Crippen molar-refractivity contribution in [3.05, 3.63) is 90.8 Å². The molecule has 1 amide bonds. The van der Waals surface area contributed by atoms with E-state index in [1.54, 1.807) is 0 Å². The number of pyridine rings is 1. The molecule has 1 aliphatic rings. The number of carbonyl (C=O) groups is 1. The number of aromatic nitrogens is 4. The van der Waals surface area contributed by atoms with Gasteiger partial charge in [0.25, 0.3) is 0 Å². The third kappa shape index (κ3) is 4.45. The first-order valence-corrected chi connectivity index (χ1v) is 13.0. The van der Waals surface area contributed by atoms with Gasteiger partial charge in [-0.1, -0.05) is 54.6 Å². The van der Waals surface area contributed by atoms with Crippen molar-refractivity contribution in [2.75, 3.05) is 0 Å².